The summed E-state index contributed by atoms with van der Waals surface area (Å²) in [6.45, 7) is 10.6. The molecular weight excluding hydrogens is 260 g/mol. The lowest BCUT2D eigenvalue weighted by molar-refractivity contribution is 0.178. The van der Waals surface area contributed by atoms with Crippen molar-refractivity contribution in [2.24, 2.45) is 0 Å². The number of hydrogen-bond acceptors (Lipinski definition) is 3. The van der Waals surface area contributed by atoms with Crippen LogP contribution in [0.5, 0.6) is 0 Å². The van der Waals surface area contributed by atoms with Gasteiger partial charge in [-0.15, -0.1) is 0 Å². The molecule has 3 heteroatoms. The normalized spacial score (nSPS) is 13.1. The average Bonchev–Trinajstić information content (AvgIpc) is 2.45. The van der Waals surface area contributed by atoms with E-state index in [0.29, 0.717) is 12.0 Å². The molecule has 0 radical (unpaired) electrons. The summed E-state index contributed by atoms with van der Waals surface area (Å²) in [7, 11) is 3.92. The van der Waals surface area contributed by atoms with Crippen molar-refractivity contribution in [1.29, 1.82) is 0 Å². The first-order valence-corrected chi connectivity index (χ1v) is 8.02. The largest absolute Gasteiger partial charge is 0.385 e. The van der Waals surface area contributed by atoms with Crippen LogP contribution in [0.3, 0.4) is 0 Å². The quantitative estimate of drug-likeness (QED) is 0.670. The number of ether oxygens (including phenoxy) is 1. The van der Waals surface area contributed by atoms with Crippen LogP contribution in [0.1, 0.15) is 44.2 Å². The summed E-state index contributed by atoms with van der Waals surface area (Å²) in [6.07, 6.45) is 1.09. The maximum atomic E-state index is 5.09. The van der Waals surface area contributed by atoms with E-state index in [0.717, 1.165) is 32.7 Å². The van der Waals surface area contributed by atoms with Gasteiger partial charge in [-0.1, -0.05) is 45.0 Å². The number of nitrogens with one attached hydrogen (secondary N) is 1. The predicted molar refractivity (Wildman–Crippen MR) is 90.8 cm³/mol. The summed E-state index contributed by atoms with van der Waals surface area (Å²) in [5.74, 6) is 0.556. The second-order valence-corrected chi connectivity index (χ2v) is 6.29. The maximum Gasteiger partial charge on any atom is 0.0474 e. The first kappa shape index (κ1) is 18.1. The van der Waals surface area contributed by atoms with E-state index in [-0.39, 0.29) is 0 Å². The molecule has 0 bridgehead atoms. The van der Waals surface area contributed by atoms with Crippen LogP contribution in [-0.2, 0) is 11.3 Å². The van der Waals surface area contributed by atoms with Crippen LogP contribution in [0.4, 0.5) is 0 Å². The van der Waals surface area contributed by atoms with Crippen molar-refractivity contribution in [3.05, 3.63) is 35.4 Å². The SMILES string of the molecule is COCCCN(C)Cc1ccc(C(C)CNC(C)C)cc1. The van der Waals surface area contributed by atoms with Gasteiger partial charge in [0.15, 0.2) is 0 Å². The third kappa shape index (κ3) is 7.60. The molecule has 0 amide bonds. The zero-order valence-electron chi connectivity index (χ0n) is 14.4. The number of rotatable bonds is 10. The van der Waals surface area contributed by atoms with E-state index >= 15 is 0 Å². The second kappa shape index (κ2) is 9.93. The molecule has 1 rings (SSSR count). The zero-order valence-corrected chi connectivity index (χ0v) is 14.4. The van der Waals surface area contributed by atoms with Crippen LogP contribution in [-0.4, -0.2) is 44.8 Å². The van der Waals surface area contributed by atoms with Gasteiger partial charge in [-0.05, 0) is 30.5 Å². The lowest BCUT2D eigenvalue weighted by Gasteiger charge is -2.18. The van der Waals surface area contributed by atoms with Gasteiger partial charge < -0.3 is 15.0 Å². The van der Waals surface area contributed by atoms with E-state index in [1.54, 1.807) is 7.11 Å². The molecule has 0 saturated carbocycles. The lowest BCUT2D eigenvalue weighted by Crippen LogP contribution is -2.27. The van der Waals surface area contributed by atoms with Crippen LogP contribution >= 0.6 is 0 Å². The van der Waals surface area contributed by atoms with Crippen molar-refractivity contribution >= 4 is 0 Å². The minimum Gasteiger partial charge on any atom is -0.385 e. The van der Waals surface area contributed by atoms with Crippen LogP contribution in [0, 0.1) is 0 Å². The Hall–Kier alpha value is -0.900. The average molecular weight is 292 g/mol. The highest BCUT2D eigenvalue weighted by Crippen LogP contribution is 2.16. The van der Waals surface area contributed by atoms with Gasteiger partial charge in [0.25, 0.3) is 0 Å². The Morgan fingerprint density at radius 1 is 1.14 bits per heavy atom. The van der Waals surface area contributed by atoms with E-state index in [2.05, 4.69) is 62.3 Å². The molecule has 0 aliphatic heterocycles. The molecule has 1 aromatic rings. The number of methoxy groups -OCH3 is 1. The highest BCUT2D eigenvalue weighted by molar-refractivity contribution is 5.25. The van der Waals surface area contributed by atoms with Crippen molar-refractivity contribution < 1.29 is 4.74 Å². The van der Waals surface area contributed by atoms with Crippen LogP contribution in [0.15, 0.2) is 24.3 Å². The van der Waals surface area contributed by atoms with Crippen molar-refractivity contribution in [2.45, 2.75) is 45.7 Å². The molecule has 0 heterocycles. The summed E-state index contributed by atoms with van der Waals surface area (Å²) in [5.41, 5.74) is 2.79. The molecule has 0 aliphatic rings. The van der Waals surface area contributed by atoms with Crippen molar-refractivity contribution in [3.8, 4) is 0 Å². The molecule has 1 N–H and O–H groups in total. The van der Waals surface area contributed by atoms with Gasteiger partial charge in [-0.3, -0.25) is 0 Å². The Labute approximate surface area is 130 Å². The molecule has 0 saturated heterocycles. The fraction of sp³-hybridized carbons (Fsp3) is 0.667. The molecular formula is C18H32N2O. The summed E-state index contributed by atoms with van der Waals surface area (Å²) < 4.78 is 5.09. The number of hydrogen-bond donors (Lipinski definition) is 1. The van der Waals surface area contributed by atoms with Crippen LogP contribution in [0.25, 0.3) is 0 Å². The molecule has 1 aromatic carbocycles. The minimum absolute atomic E-state index is 0.549. The maximum absolute atomic E-state index is 5.09. The smallest absolute Gasteiger partial charge is 0.0474 e. The van der Waals surface area contributed by atoms with Crippen LogP contribution < -0.4 is 5.32 Å². The Kier molecular flexibility index (Phi) is 8.58. The highest BCUT2D eigenvalue weighted by atomic mass is 16.5. The molecule has 1 atom stereocenters. The monoisotopic (exact) mass is 292 g/mol. The van der Waals surface area contributed by atoms with Gasteiger partial charge in [0, 0.05) is 39.4 Å². The summed E-state index contributed by atoms with van der Waals surface area (Å²) in [6, 6.07) is 9.60. The highest BCUT2D eigenvalue weighted by Gasteiger charge is 2.06. The van der Waals surface area contributed by atoms with Crippen molar-refractivity contribution in [1.82, 2.24) is 10.2 Å². The first-order valence-electron chi connectivity index (χ1n) is 8.02. The summed E-state index contributed by atoms with van der Waals surface area (Å²) in [4.78, 5) is 2.35. The van der Waals surface area contributed by atoms with Gasteiger partial charge in [0.1, 0.15) is 0 Å². The number of benzene rings is 1. The fourth-order valence-corrected chi connectivity index (χ4v) is 2.35. The Morgan fingerprint density at radius 3 is 2.38 bits per heavy atom. The van der Waals surface area contributed by atoms with Gasteiger partial charge >= 0.3 is 0 Å². The molecule has 21 heavy (non-hydrogen) atoms. The standard InChI is InChI=1S/C18H32N2O/c1-15(2)19-13-16(3)18-9-7-17(8-10-18)14-20(4)11-6-12-21-5/h7-10,15-16,19H,6,11-14H2,1-5H3. The molecule has 3 nitrogen and oxygen atoms in total. The van der Waals surface area contributed by atoms with E-state index in [9.17, 15) is 0 Å². The molecule has 120 valence electrons. The van der Waals surface area contributed by atoms with E-state index in [1.165, 1.54) is 11.1 Å². The Morgan fingerprint density at radius 2 is 1.81 bits per heavy atom. The predicted octanol–water partition coefficient (Wildman–Crippen LogP) is 3.26. The Bertz CT molecular complexity index is 375. The third-order valence-corrected chi connectivity index (χ3v) is 3.72. The first-order chi connectivity index (χ1) is 10.0. The van der Waals surface area contributed by atoms with Gasteiger partial charge in [-0.25, -0.2) is 0 Å². The lowest BCUT2D eigenvalue weighted by atomic mass is 9.99. The zero-order chi connectivity index (χ0) is 15.7. The van der Waals surface area contributed by atoms with Gasteiger partial charge in [-0.2, -0.15) is 0 Å². The van der Waals surface area contributed by atoms with Crippen LogP contribution in [0.2, 0.25) is 0 Å². The second-order valence-electron chi connectivity index (χ2n) is 6.29. The Balaban J connectivity index is 2.42. The molecule has 0 fully saturated rings. The van der Waals surface area contributed by atoms with Gasteiger partial charge in [0.2, 0.25) is 0 Å². The molecule has 0 aromatic heterocycles. The van der Waals surface area contributed by atoms with Crippen molar-refractivity contribution in [3.63, 3.8) is 0 Å². The summed E-state index contributed by atoms with van der Waals surface area (Å²) in [5, 5.41) is 3.50. The third-order valence-electron chi connectivity index (χ3n) is 3.72. The minimum atomic E-state index is 0.549. The topological polar surface area (TPSA) is 24.5 Å². The van der Waals surface area contributed by atoms with Gasteiger partial charge in [0.05, 0.1) is 0 Å². The van der Waals surface area contributed by atoms with E-state index < -0.39 is 0 Å². The molecule has 0 aliphatic carbocycles. The molecule has 1 unspecified atom stereocenters. The van der Waals surface area contributed by atoms with E-state index in [4.69, 9.17) is 4.74 Å². The summed E-state index contributed by atoms with van der Waals surface area (Å²) >= 11 is 0. The van der Waals surface area contributed by atoms with Crippen molar-refractivity contribution in [2.75, 3.05) is 33.9 Å². The molecule has 0 spiro atoms. The van der Waals surface area contributed by atoms with E-state index in [1.807, 2.05) is 0 Å². The number of nitrogens with zero attached hydrogens (tertiary/aromatic N) is 1. The fourth-order valence-electron chi connectivity index (χ4n) is 2.35.